The maximum Gasteiger partial charge on any atom is 0.230 e. The summed E-state index contributed by atoms with van der Waals surface area (Å²) in [5.74, 6) is 0.637. The van der Waals surface area contributed by atoms with Gasteiger partial charge in [0, 0.05) is 6.54 Å². The van der Waals surface area contributed by atoms with Gasteiger partial charge in [-0.1, -0.05) is 36.8 Å². The molecule has 19 heavy (non-hydrogen) atoms. The minimum atomic E-state index is -0.288. The number of benzene rings is 1. The summed E-state index contributed by atoms with van der Waals surface area (Å²) in [5.41, 5.74) is 0.858. The molecule has 3 nitrogen and oxygen atoms in total. The molecule has 2 aliphatic rings. The van der Waals surface area contributed by atoms with Crippen LogP contribution in [0.1, 0.15) is 37.7 Å². The van der Waals surface area contributed by atoms with E-state index in [1.807, 2.05) is 18.2 Å². The lowest BCUT2D eigenvalue weighted by Crippen LogP contribution is -2.51. The lowest BCUT2D eigenvalue weighted by atomic mass is 9.63. The summed E-state index contributed by atoms with van der Waals surface area (Å²) in [6.45, 7) is 0.713. The number of carbonyl (C=O) groups is 1. The van der Waals surface area contributed by atoms with Gasteiger partial charge in [0.2, 0.25) is 5.91 Å². The predicted molar refractivity (Wildman–Crippen MR) is 73.7 cm³/mol. The minimum Gasteiger partial charge on any atom is -0.393 e. The van der Waals surface area contributed by atoms with E-state index in [0.717, 1.165) is 37.7 Å². The van der Waals surface area contributed by atoms with Gasteiger partial charge < -0.3 is 10.4 Å². The molecule has 1 aromatic carbocycles. The maximum absolute atomic E-state index is 12.5. The van der Waals surface area contributed by atoms with Crippen LogP contribution in [0.5, 0.6) is 0 Å². The van der Waals surface area contributed by atoms with E-state index in [1.165, 1.54) is 0 Å². The molecular formula is C16H21NO2. The minimum absolute atomic E-state index is 0.145. The Morgan fingerprint density at radius 3 is 2.47 bits per heavy atom. The third-order valence-corrected chi connectivity index (χ3v) is 4.73. The van der Waals surface area contributed by atoms with Gasteiger partial charge in [-0.15, -0.1) is 0 Å². The van der Waals surface area contributed by atoms with Gasteiger partial charge in [0.15, 0.2) is 0 Å². The zero-order valence-electron chi connectivity index (χ0n) is 11.1. The number of carbonyl (C=O) groups excluding carboxylic acids is 1. The van der Waals surface area contributed by atoms with Crippen molar-refractivity contribution in [1.82, 2.24) is 5.32 Å². The van der Waals surface area contributed by atoms with E-state index in [2.05, 4.69) is 17.4 Å². The fourth-order valence-electron chi connectivity index (χ4n) is 3.21. The van der Waals surface area contributed by atoms with Crippen LogP contribution in [0.3, 0.4) is 0 Å². The molecule has 0 saturated heterocycles. The molecule has 0 bridgehead atoms. The SMILES string of the molecule is O=C(NCC1CC(O)C1)C1(c2ccccc2)CCC1. The summed E-state index contributed by atoms with van der Waals surface area (Å²) < 4.78 is 0. The van der Waals surface area contributed by atoms with E-state index >= 15 is 0 Å². The number of aliphatic hydroxyl groups is 1. The second-order valence-corrected chi connectivity index (χ2v) is 6.00. The van der Waals surface area contributed by atoms with E-state index < -0.39 is 0 Å². The molecule has 0 aromatic heterocycles. The lowest BCUT2D eigenvalue weighted by molar-refractivity contribution is -0.130. The van der Waals surface area contributed by atoms with E-state index in [9.17, 15) is 9.90 Å². The number of hydrogen-bond acceptors (Lipinski definition) is 2. The van der Waals surface area contributed by atoms with Crippen LogP contribution in [0.4, 0.5) is 0 Å². The number of hydrogen-bond donors (Lipinski definition) is 2. The zero-order valence-corrected chi connectivity index (χ0v) is 11.1. The maximum atomic E-state index is 12.5. The second-order valence-electron chi connectivity index (χ2n) is 6.00. The fraction of sp³-hybridized carbons (Fsp3) is 0.562. The van der Waals surface area contributed by atoms with Gasteiger partial charge in [0.25, 0.3) is 0 Å². The summed E-state index contributed by atoms with van der Waals surface area (Å²) >= 11 is 0. The highest BCUT2D eigenvalue weighted by molar-refractivity contribution is 5.89. The third-order valence-electron chi connectivity index (χ3n) is 4.73. The van der Waals surface area contributed by atoms with Gasteiger partial charge >= 0.3 is 0 Å². The normalized spacial score (nSPS) is 28.1. The van der Waals surface area contributed by atoms with Crippen molar-refractivity contribution < 1.29 is 9.90 Å². The first-order valence-electron chi connectivity index (χ1n) is 7.22. The molecule has 102 valence electrons. The largest absolute Gasteiger partial charge is 0.393 e. The Bertz CT molecular complexity index is 447. The molecule has 3 heteroatoms. The van der Waals surface area contributed by atoms with Crippen molar-refractivity contribution in [3.8, 4) is 0 Å². The first kappa shape index (κ1) is 12.7. The van der Waals surface area contributed by atoms with Crippen molar-refractivity contribution in [2.75, 3.05) is 6.54 Å². The number of rotatable bonds is 4. The molecule has 0 spiro atoms. The Morgan fingerprint density at radius 2 is 1.95 bits per heavy atom. The van der Waals surface area contributed by atoms with Gasteiger partial charge in [-0.25, -0.2) is 0 Å². The molecule has 0 atom stereocenters. The summed E-state index contributed by atoms with van der Waals surface area (Å²) in [7, 11) is 0. The van der Waals surface area contributed by atoms with E-state index in [0.29, 0.717) is 12.5 Å². The van der Waals surface area contributed by atoms with Crippen LogP contribution < -0.4 is 5.32 Å². The Hall–Kier alpha value is -1.35. The average Bonchev–Trinajstić information content (AvgIpc) is 2.33. The second kappa shape index (κ2) is 4.97. The van der Waals surface area contributed by atoms with Crippen LogP contribution in [-0.2, 0) is 10.2 Å². The van der Waals surface area contributed by atoms with Crippen molar-refractivity contribution in [1.29, 1.82) is 0 Å². The van der Waals surface area contributed by atoms with Crippen molar-refractivity contribution in [3.05, 3.63) is 35.9 Å². The summed E-state index contributed by atoms with van der Waals surface area (Å²) in [5, 5.41) is 12.4. The predicted octanol–water partition coefficient (Wildman–Crippen LogP) is 2.00. The van der Waals surface area contributed by atoms with Crippen LogP contribution in [0.25, 0.3) is 0 Å². The molecule has 0 heterocycles. The van der Waals surface area contributed by atoms with Gasteiger partial charge in [0.1, 0.15) is 0 Å². The summed E-state index contributed by atoms with van der Waals surface area (Å²) in [6, 6.07) is 10.1. The molecule has 0 unspecified atom stereocenters. The average molecular weight is 259 g/mol. The Morgan fingerprint density at radius 1 is 1.26 bits per heavy atom. The van der Waals surface area contributed by atoms with Gasteiger partial charge in [0.05, 0.1) is 11.5 Å². The molecule has 0 radical (unpaired) electrons. The van der Waals surface area contributed by atoms with Crippen molar-refractivity contribution in [3.63, 3.8) is 0 Å². The molecule has 1 amide bonds. The summed E-state index contributed by atoms with van der Waals surface area (Å²) in [6.07, 6.45) is 4.56. The van der Waals surface area contributed by atoms with Gasteiger partial charge in [-0.3, -0.25) is 4.79 Å². The Kier molecular flexibility index (Phi) is 3.31. The molecule has 0 aliphatic heterocycles. The smallest absolute Gasteiger partial charge is 0.230 e. The van der Waals surface area contributed by atoms with Crippen LogP contribution in [0.2, 0.25) is 0 Å². The third kappa shape index (κ3) is 2.27. The van der Waals surface area contributed by atoms with Crippen LogP contribution in [-0.4, -0.2) is 23.7 Å². The Balaban J connectivity index is 1.63. The highest BCUT2D eigenvalue weighted by Gasteiger charge is 2.45. The van der Waals surface area contributed by atoms with Crippen molar-refractivity contribution >= 4 is 5.91 Å². The van der Waals surface area contributed by atoms with Gasteiger partial charge in [-0.2, -0.15) is 0 Å². The quantitative estimate of drug-likeness (QED) is 0.869. The molecule has 2 N–H and O–H groups in total. The highest BCUT2D eigenvalue weighted by atomic mass is 16.3. The highest BCUT2D eigenvalue weighted by Crippen LogP contribution is 2.44. The molecule has 3 rings (SSSR count). The zero-order chi connectivity index (χ0) is 13.3. The topological polar surface area (TPSA) is 49.3 Å². The first-order valence-corrected chi connectivity index (χ1v) is 7.22. The fourth-order valence-corrected chi connectivity index (χ4v) is 3.21. The van der Waals surface area contributed by atoms with E-state index in [4.69, 9.17) is 0 Å². The van der Waals surface area contributed by atoms with Crippen LogP contribution >= 0.6 is 0 Å². The summed E-state index contributed by atoms with van der Waals surface area (Å²) in [4.78, 5) is 12.5. The lowest BCUT2D eigenvalue weighted by Gasteiger charge is -2.41. The molecule has 1 aromatic rings. The Labute approximate surface area is 114 Å². The standard InChI is InChI=1S/C16H21NO2/c18-14-9-12(10-14)11-17-15(19)16(7-4-8-16)13-5-2-1-3-6-13/h1-3,5-6,12,14,18H,4,7-11H2,(H,17,19). The number of nitrogens with one attached hydrogen (secondary N) is 1. The van der Waals surface area contributed by atoms with Crippen LogP contribution in [0.15, 0.2) is 30.3 Å². The molecule has 2 fully saturated rings. The number of aliphatic hydroxyl groups excluding tert-OH is 1. The molecule has 2 aliphatic carbocycles. The van der Waals surface area contributed by atoms with Gasteiger partial charge in [-0.05, 0) is 37.2 Å². The van der Waals surface area contributed by atoms with Crippen molar-refractivity contribution in [2.24, 2.45) is 5.92 Å². The monoisotopic (exact) mass is 259 g/mol. The molecular weight excluding hydrogens is 238 g/mol. The number of amides is 1. The van der Waals surface area contributed by atoms with Crippen LogP contribution in [0, 0.1) is 5.92 Å². The van der Waals surface area contributed by atoms with Crippen molar-refractivity contribution in [2.45, 2.75) is 43.6 Å². The van der Waals surface area contributed by atoms with E-state index in [1.54, 1.807) is 0 Å². The van der Waals surface area contributed by atoms with E-state index in [-0.39, 0.29) is 17.4 Å². The molecule has 2 saturated carbocycles. The first-order chi connectivity index (χ1) is 9.21.